The molecule has 0 aromatic carbocycles. The van der Waals surface area contributed by atoms with E-state index >= 15 is 0 Å². The van der Waals surface area contributed by atoms with Crippen molar-refractivity contribution in [3.8, 4) is 0 Å². The topological polar surface area (TPSA) is 58.6 Å². The number of hydrogen-bond donors (Lipinski definition) is 2. The van der Waals surface area contributed by atoms with E-state index in [4.69, 9.17) is 13.1 Å². The molecule has 0 heterocycles. The molecule has 0 aliphatic rings. The van der Waals surface area contributed by atoms with Crippen molar-refractivity contribution in [1.82, 2.24) is 5.23 Å². The molecule has 2 radical (unpaired) electrons. The zero-order valence-electron chi connectivity index (χ0n) is 5.13. The van der Waals surface area contributed by atoms with E-state index in [1.165, 1.54) is 7.11 Å². The summed E-state index contributed by atoms with van der Waals surface area (Å²) in [5.41, 5.74) is 0. The van der Waals surface area contributed by atoms with E-state index in [2.05, 4.69) is 9.96 Å². The van der Waals surface area contributed by atoms with Gasteiger partial charge in [-0.2, -0.15) is 0 Å². The molecule has 0 saturated carbocycles. The number of nitrogens with one attached hydrogen (secondary N) is 1. The third-order valence-corrected chi connectivity index (χ3v) is 0.869. The van der Waals surface area contributed by atoms with Crippen LogP contribution in [-0.2, 0) is 9.53 Å². The molecule has 0 rings (SSSR count). The Morgan fingerprint density at radius 1 is 2.00 bits per heavy atom. The Morgan fingerprint density at radius 3 is 2.67 bits per heavy atom. The van der Waals surface area contributed by atoms with Crippen LogP contribution in [-0.4, -0.2) is 38.8 Å². The van der Waals surface area contributed by atoms with Crippen molar-refractivity contribution in [2.24, 2.45) is 0 Å². The minimum absolute atomic E-state index is 0.358. The van der Waals surface area contributed by atoms with E-state index in [9.17, 15) is 4.79 Å². The molecule has 0 aliphatic carbocycles. The fraction of sp³-hybridized carbons (Fsp3) is 0.750. The van der Waals surface area contributed by atoms with Crippen molar-refractivity contribution in [2.75, 3.05) is 13.7 Å². The van der Waals surface area contributed by atoms with Crippen molar-refractivity contribution in [2.45, 2.75) is 6.04 Å². The summed E-state index contributed by atoms with van der Waals surface area (Å²) < 4.78 is 4.25. The highest BCUT2D eigenvalue weighted by molar-refractivity contribution is 6.06. The number of hydrogen-bond acceptors (Lipinski definition) is 4. The zero-order chi connectivity index (χ0) is 7.28. The van der Waals surface area contributed by atoms with Gasteiger partial charge in [-0.1, -0.05) is 0 Å². The van der Waals surface area contributed by atoms with Crippen LogP contribution in [0.5, 0.6) is 0 Å². The van der Waals surface area contributed by atoms with Gasteiger partial charge in [0.05, 0.1) is 13.7 Å². The molecule has 2 N–H and O–H groups in total. The maximum atomic E-state index is 10.4. The van der Waals surface area contributed by atoms with Gasteiger partial charge in [0.15, 0.2) is 7.98 Å². The largest absolute Gasteiger partial charge is 0.468 e. The van der Waals surface area contributed by atoms with Gasteiger partial charge in [0, 0.05) is 0 Å². The second-order valence-corrected chi connectivity index (χ2v) is 1.42. The van der Waals surface area contributed by atoms with Crippen LogP contribution in [0.2, 0.25) is 0 Å². The number of ether oxygens (including phenoxy) is 1. The summed E-state index contributed by atoms with van der Waals surface area (Å²) in [7, 11) is 6.07. The second kappa shape index (κ2) is 4.35. The average Bonchev–Trinajstić information content (AvgIpc) is 1.90. The molecule has 50 valence electrons. The molecule has 4 nitrogen and oxygen atoms in total. The van der Waals surface area contributed by atoms with Gasteiger partial charge in [-0.25, -0.2) is 0 Å². The van der Waals surface area contributed by atoms with Crippen molar-refractivity contribution in [3.63, 3.8) is 0 Å². The fourth-order valence-electron chi connectivity index (χ4n) is 0.338. The number of aliphatic hydroxyl groups is 1. The summed E-state index contributed by atoms with van der Waals surface area (Å²) >= 11 is 0. The maximum Gasteiger partial charge on any atom is 0.324 e. The number of aliphatic hydroxyl groups excluding tert-OH is 1. The summed E-state index contributed by atoms with van der Waals surface area (Å²) in [6.45, 7) is -0.358. The minimum Gasteiger partial charge on any atom is -0.468 e. The second-order valence-electron chi connectivity index (χ2n) is 1.42. The van der Waals surface area contributed by atoms with E-state index in [0.29, 0.717) is 0 Å². The number of methoxy groups -OCH3 is 1. The third kappa shape index (κ3) is 2.48. The van der Waals surface area contributed by atoms with Crippen LogP contribution in [0.15, 0.2) is 0 Å². The monoisotopic (exact) mass is 129 g/mol. The average molecular weight is 129 g/mol. The molecule has 0 aliphatic heterocycles. The first-order valence-corrected chi connectivity index (χ1v) is 2.41. The lowest BCUT2D eigenvalue weighted by atomic mass is 10.2. The van der Waals surface area contributed by atoms with Crippen molar-refractivity contribution < 1.29 is 14.6 Å². The highest BCUT2D eigenvalue weighted by atomic mass is 16.5. The van der Waals surface area contributed by atoms with Crippen LogP contribution in [0.4, 0.5) is 0 Å². The summed E-state index contributed by atoms with van der Waals surface area (Å²) in [4.78, 5) is 10.4. The fourth-order valence-corrected chi connectivity index (χ4v) is 0.338. The standard InChI is InChI=1S/C4H8BNO3/c1-9-4(8)3(2-7)6-5/h3,6-7H,2H2,1H3. The Hall–Kier alpha value is -0.545. The highest BCUT2D eigenvalue weighted by Crippen LogP contribution is 1.82. The molecule has 0 amide bonds. The van der Waals surface area contributed by atoms with E-state index in [-0.39, 0.29) is 6.61 Å². The molecule has 0 fully saturated rings. The molecule has 1 atom stereocenters. The molecule has 1 unspecified atom stereocenters. The Kier molecular flexibility index (Phi) is 4.08. The van der Waals surface area contributed by atoms with Gasteiger partial charge < -0.3 is 15.1 Å². The first-order chi connectivity index (χ1) is 4.26. The van der Waals surface area contributed by atoms with Crippen LogP contribution < -0.4 is 5.23 Å². The van der Waals surface area contributed by atoms with E-state index < -0.39 is 12.0 Å². The molecular weight excluding hydrogens is 121 g/mol. The number of esters is 1. The summed E-state index contributed by atoms with van der Waals surface area (Å²) in [5.74, 6) is -0.569. The molecule has 0 spiro atoms. The van der Waals surface area contributed by atoms with Gasteiger partial charge in [-0.3, -0.25) is 4.79 Å². The van der Waals surface area contributed by atoms with E-state index in [1.807, 2.05) is 0 Å². The van der Waals surface area contributed by atoms with Crippen LogP contribution in [0, 0.1) is 0 Å². The molecule has 0 saturated heterocycles. The van der Waals surface area contributed by atoms with Crippen LogP contribution in [0.1, 0.15) is 0 Å². The Bertz CT molecular complexity index is 93.8. The summed E-state index contributed by atoms with van der Waals surface area (Å²) in [5, 5.41) is 10.5. The quantitative estimate of drug-likeness (QED) is 0.348. The predicted molar refractivity (Wildman–Crippen MR) is 31.8 cm³/mol. The summed E-state index contributed by atoms with van der Waals surface area (Å²) in [6.07, 6.45) is 0. The smallest absolute Gasteiger partial charge is 0.324 e. The van der Waals surface area contributed by atoms with Crippen molar-refractivity contribution in [3.05, 3.63) is 0 Å². The third-order valence-electron chi connectivity index (χ3n) is 0.869. The maximum absolute atomic E-state index is 10.4. The lowest BCUT2D eigenvalue weighted by molar-refractivity contribution is -0.143. The lowest BCUT2D eigenvalue weighted by Gasteiger charge is -2.08. The Labute approximate surface area is 54.6 Å². The van der Waals surface area contributed by atoms with Crippen LogP contribution >= 0.6 is 0 Å². The van der Waals surface area contributed by atoms with Gasteiger partial charge >= 0.3 is 5.97 Å². The normalized spacial score (nSPS) is 12.7. The highest BCUT2D eigenvalue weighted by Gasteiger charge is 2.13. The van der Waals surface area contributed by atoms with Gasteiger partial charge in [-0.05, 0) is 0 Å². The van der Waals surface area contributed by atoms with Gasteiger partial charge in [0.25, 0.3) is 0 Å². The first kappa shape index (κ1) is 8.45. The van der Waals surface area contributed by atoms with E-state index in [0.717, 1.165) is 0 Å². The van der Waals surface area contributed by atoms with Gasteiger partial charge in [0.2, 0.25) is 0 Å². The molecule has 0 aromatic rings. The minimum atomic E-state index is -0.810. The Balaban J connectivity index is 3.64. The predicted octanol–water partition coefficient (Wildman–Crippen LogP) is -1.81. The molecule has 0 aromatic heterocycles. The van der Waals surface area contributed by atoms with Gasteiger partial charge in [-0.15, -0.1) is 0 Å². The molecule has 5 heteroatoms. The molecule has 9 heavy (non-hydrogen) atoms. The number of carbonyl (C=O) groups is 1. The molecular formula is C4H8BNO3. The molecule has 0 bridgehead atoms. The Morgan fingerprint density at radius 2 is 2.56 bits per heavy atom. The number of carbonyl (C=O) groups excluding carboxylic acids is 1. The van der Waals surface area contributed by atoms with Crippen molar-refractivity contribution >= 4 is 14.0 Å². The SMILES string of the molecule is [B]NC(CO)C(=O)OC. The van der Waals surface area contributed by atoms with Crippen LogP contribution in [0.25, 0.3) is 0 Å². The van der Waals surface area contributed by atoms with Crippen molar-refractivity contribution in [1.29, 1.82) is 0 Å². The van der Waals surface area contributed by atoms with Crippen LogP contribution in [0.3, 0.4) is 0 Å². The summed E-state index contributed by atoms with van der Waals surface area (Å²) in [6, 6.07) is -0.810. The van der Waals surface area contributed by atoms with E-state index in [1.54, 1.807) is 0 Å². The number of rotatable bonds is 3. The lowest BCUT2D eigenvalue weighted by Crippen LogP contribution is -2.38. The first-order valence-electron chi connectivity index (χ1n) is 2.41. The van der Waals surface area contributed by atoms with Gasteiger partial charge in [0.1, 0.15) is 6.04 Å². The zero-order valence-corrected chi connectivity index (χ0v) is 5.13.